The molecule has 1 amide bonds. The summed E-state index contributed by atoms with van der Waals surface area (Å²) in [6.07, 6.45) is 2.22. The van der Waals surface area contributed by atoms with Gasteiger partial charge in [-0.2, -0.15) is 5.10 Å². The molecule has 0 spiro atoms. The fraction of sp³-hybridized carbons (Fsp3) is 0.200. The molecule has 0 saturated carbocycles. The molecule has 1 N–H and O–H groups in total. The number of aryl methyl sites for hydroxylation is 1. The summed E-state index contributed by atoms with van der Waals surface area (Å²) in [6, 6.07) is 7.35. The highest BCUT2D eigenvalue weighted by Gasteiger charge is 2.18. The second kappa shape index (κ2) is 6.47. The van der Waals surface area contributed by atoms with Gasteiger partial charge in [-0.1, -0.05) is 35.9 Å². The molecule has 3 aromatic rings. The van der Waals surface area contributed by atoms with Crippen molar-refractivity contribution in [3.63, 3.8) is 0 Å². The predicted octanol–water partition coefficient (Wildman–Crippen LogP) is 3.50. The van der Waals surface area contributed by atoms with Crippen molar-refractivity contribution in [1.82, 2.24) is 20.0 Å². The topological polar surface area (TPSA) is 72.7 Å². The molecular formula is C15H14ClN5OS. The lowest BCUT2D eigenvalue weighted by molar-refractivity contribution is 0.102. The van der Waals surface area contributed by atoms with Crippen molar-refractivity contribution in [2.75, 3.05) is 5.32 Å². The molecule has 1 aromatic carbocycles. The summed E-state index contributed by atoms with van der Waals surface area (Å²) < 4.78 is 1.73. The van der Waals surface area contributed by atoms with Crippen LogP contribution in [0.1, 0.15) is 28.0 Å². The molecule has 0 aliphatic rings. The van der Waals surface area contributed by atoms with Crippen LogP contribution >= 0.6 is 22.9 Å². The summed E-state index contributed by atoms with van der Waals surface area (Å²) in [5.74, 6) is -0.244. The van der Waals surface area contributed by atoms with E-state index in [1.807, 2.05) is 32.0 Å². The molecule has 8 heteroatoms. The Hall–Kier alpha value is -2.25. The third kappa shape index (κ3) is 3.25. The van der Waals surface area contributed by atoms with E-state index in [1.165, 1.54) is 11.3 Å². The average molecular weight is 348 g/mol. The highest BCUT2D eigenvalue weighted by atomic mass is 35.5. The Balaban J connectivity index is 1.93. The van der Waals surface area contributed by atoms with Crippen molar-refractivity contribution in [3.05, 3.63) is 51.7 Å². The maximum atomic E-state index is 12.5. The monoisotopic (exact) mass is 347 g/mol. The van der Waals surface area contributed by atoms with Crippen molar-refractivity contribution in [1.29, 1.82) is 0 Å². The van der Waals surface area contributed by atoms with Crippen molar-refractivity contribution in [2.45, 2.75) is 20.3 Å². The summed E-state index contributed by atoms with van der Waals surface area (Å²) in [4.78, 5) is 12.5. The fourth-order valence-electron chi connectivity index (χ4n) is 2.25. The fourth-order valence-corrected chi connectivity index (χ4v) is 3.02. The summed E-state index contributed by atoms with van der Waals surface area (Å²) >= 11 is 7.37. The molecule has 118 valence electrons. The Morgan fingerprint density at radius 3 is 2.87 bits per heavy atom. The Bertz CT molecular complexity index is 857. The third-order valence-electron chi connectivity index (χ3n) is 3.25. The zero-order valence-corrected chi connectivity index (χ0v) is 14.1. The Morgan fingerprint density at radius 2 is 2.22 bits per heavy atom. The zero-order chi connectivity index (χ0) is 16.4. The number of carbonyl (C=O) groups is 1. The van der Waals surface area contributed by atoms with Crippen LogP contribution in [0.5, 0.6) is 0 Å². The van der Waals surface area contributed by atoms with E-state index in [0.717, 1.165) is 16.4 Å². The molecular weight excluding hydrogens is 334 g/mol. The first-order valence-corrected chi connectivity index (χ1v) is 8.22. The summed E-state index contributed by atoms with van der Waals surface area (Å²) in [6.45, 7) is 3.81. The van der Waals surface area contributed by atoms with Crippen LogP contribution in [-0.4, -0.2) is 25.9 Å². The van der Waals surface area contributed by atoms with E-state index in [1.54, 1.807) is 16.9 Å². The maximum Gasteiger partial charge on any atom is 0.260 e. The minimum absolute atomic E-state index is 0.244. The number of amides is 1. The molecule has 2 heterocycles. The van der Waals surface area contributed by atoms with Crippen LogP contribution in [0.2, 0.25) is 5.02 Å². The maximum absolute atomic E-state index is 12.5. The lowest BCUT2D eigenvalue weighted by Gasteiger charge is -2.08. The number of aromatic nitrogens is 4. The molecule has 0 bridgehead atoms. The van der Waals surface area contributed by atoms with Gasteiger partial charge in [0.05, 0.1) is 23.1 Å². The number of nitrogens with zero attached hydrogens (tertiary/aromatic N) is 4. The van der Waals surface area contributed by atoms with E-state index in [4.69, 9.17) is 11.6 Å². The number of carbonyl (C=O) groups excluding carboxylic acids is 1. The van der Waals surface area contributed by atoms with Crippen molar-refractivity contribution in [3.8, 4) is 5.69 Å². The summed E-state index contributed by atoms with van der Waals surface area (Å²) in [7, 11) is 0. The quantitative estimate of drug-likeness (QED) is 0.784. The molecule has 0 unspecified atom stereocenters. The van der Waals surface area contributed by atoms with Gasteiger partial charge in [-0.15, -0.1) is 10.2 Å². The molecule has 0 radical (unpaired) electrons. The minimum Gasteiger partial charge on any atom is -0.296 e. The van der Waals surface area contributed by atoms with Crippen LogP contribution in [-0.2, 0) is 6.42 Å². The Kier molecular flexibility index (Phi) is 4.40. The third-order valence-corrected chi connectivity index (χ3v) is 4.24. The number of hydrogen-bond donors (Lipinski definition) is 1. The first-order valence-electron chi connectivity index (χ1n) is 7.02. The van der Waals surface area contributed by atoms with Gasteiger partial charge in [-0.05, 0) is 31.5 Å². The minimum atomic E-state index is -0.244. The molecule has 0 saturated heterocycles. The Labute approximate surface area is 142 Å². The molecule has 0 aliphatic carbocycles. The zero-order valence-electron chi connectivity index (χ0n) is 12.6. The highest BCUT2D eigenvalue weighted by molar-refractivity contribution is 7.15. The van der Waals surface area contributed by atoms with Gasteiger partial charge in [-0.25, -0.2) is 4.68 Å². The van der Waals surface area contributed by atoms with E-state index < -0.39 is 0 Å². The smallest absolute Gasteiger partial charge is 0.260 e. The van der Waals surface area contributed by atoms with Crippen LogP contribution in [0, 0.1) is 6.92 Å². The van der Waals surface area contributed by atoms with Crippen LogP contribution in [0.25, 0.3) is 5.69 Å². The molecule has 2 aromatic heterocycles. The Morgan fingerprint density at radius 1 is 1.39 bits per heavy atom. The SMILES string of the molecule is CCc1c(C(=O)Nc2nnc(C)s2)cnn1-c1cccc(Cl)c1. The second-order valence-electron chi connectivity index (χ2n) is 4.83. The molecule has 6 nitrogen and oxygen atoms in total. The van der Waals surface area contributed by atoms with Crippen molar-refractivity contribution >= 4 is 34.0 Å². The molecule has 23 heavy (non-hydrogen) atoms. The largest absolute Gasteiger partial charge is 0.296 e. The number of rotatable bonds is 4. The van der Waals surface area contributed by atoms with E-state index in [2.05, 4.69) is 20.6 Å². The van der Waals surface area contributed by atoms with E-state index in [9.17, 15) is 4.79 Å². The highest BCUT2D eigenvalue weighted by Crippen LogP contribution is 2.21. The number of benzene rings is 1. The number of anilines is 1. The van der Waals surface area contributed by atoms with Gasteiger partial charge in [0.15, 0.2) is 0 Å². The average Bonchev–Trinajstić information content (AvgIpc) is 3.13. The van der Waals surface area contributed by atoms with Gasteiger partial charge in [0.2, 0.25) is 5.13 Å². The van der Waals surface area contributed by atoms with Gasteiger partial charge < -0.3 is 0 Å². The lowest BCUT2D eigenvalue weighted by atomic mass is 10.2. The van der Waals surface area contributed by atoms with Crippen LogP contribution in [0.3, 0.4) is 0 Å². The molecule has 0 atom stereocenters. The molecule has 0 aliphatic heterocycles. The van der Waals surface area contributed by atoms with Gasteiger partial charge in [-0.3, -0.25) is 10.1 Å². The van der Waals surface area contributed by atoms with Gasteiger partial charge >= 0.3 is 0 Å². The number of halogens is 1. The molecule has 3 rings (SSSR count). The van der Waals surface area contributed by atoms with E-state index >= 15 is 0 Å². The summed E-state index contributed by atoms with van der Waals surface area (Å²) in [5.41, 5.74) is 2.14. The number of hydrogen-bond acceptors (Lipinski definition) is 5. The van der Waals surface area contributed by atoms with E-state index in [-0.39, 0.29) is 5.91 Å². The van der Waals surface area contributed by atoms with Crippen molar-refractivity contribution < 1.29 is 4.79 Å². The first kappa shape index (κ1) is 15.6. The van der Waals surface area contributed by atoms with Gasteiger partial charge in [0.25, 0.3) is 5.91 Å². The second-order valence-corrected chi connectivity index (χ2v) is 6.45. The van der Waals surface area contributed by atoms with Gasteiger partial charge in [0.1, 0.15) is 5.01 Å². The van der Waals surface area contributed by atoms with Gasteiger partial charge in [0, 0.05) is 5.02 Å². The number of nitrogens with one attached hydrogen (secondary N) is 1. The van der Waals surface area contributed by atoms with Crippen LogP contribution in [0.15, 0.2) is 30.5 Å². The normalized spacial score (nSPS) is 10.7. The predicted molar refractivity (Wildman–Crippen MR) is 90.6 cm³/mol. The lowest BCUT2D eigenvalue weighted by Crippen LogP contribution is -2.14. The first-order chi connectivity index (χ1) is 11.1. The van der Waals surface area contributed by atoms with Crippen LogP contribution < -0.4 is 5.32 Å². The summed E-state index contributed by atoms with van der Waals surface area (Å²) in [5, 5.41) is 16.8. The molecule has 0 fully saturated rings. The van der Waals surface area contributed by atoms with E-state index in [0.29, 0.717) is 22.1 Å². The standard InChI is InChI=1S/C15H14ClN5OS/c1-3-13-12(14(22)18-15-20-19-9(2)23-15)8-17-21(13)11-6-4-5-10(16)7-11/h4-8H,3H2,1-2H3,(H,18,20,22). The van der Waals surface area contributed by atoms with Crippen LogP contribution in [0.4, 0.5) is 5.13 Å². The van der Waals surface area contributed by atoms with Crippen molar-refractivity contribution in [2.24, 2.45) is 0 Å².